The summed E-state index contributed by atoms with van der Waals surface area (Å²) < 4.78 is 11.9. The second-order valence-electron chi connectivity index (χ2n) is 7.41. The normalized spacial score (nSPS) is 31.6. The van der Waals surface area contributed by atoms with Gasteiger partial charge in [0.2, 0.25) is 0 Å². The maximum atomic E-state index is 12.8. The first-order chi connectivity index (χ1) is 12.5. The van der Waals surface area contributed by atoms with Crippen LogP contribution in [0.5, 0.6) is 0 Å². The summed E-state index contributed by atoms with van der Waals surface area (Å²) in [5, 5.41) is 23.5. The second-order valence-corrected chi connectivity index (χ2v) is 7.41. The van der Waals surface area contributed by atoms with E-state index in [4.69, 9.17) is 9.47 Å². The number of aliphatic hydroxyl groups excluding tert-OH is 2. The molecule has 2 aliphatic carbocycles. The molecule has 1 aromatic rings. The third-order valence-electron chi connectivity index (χ3n) is 5.20. The number of aliphatic hydroxyl groups is 2. The fourth-order valence-corrected chi connectivity index (χ4v) is 3.42. The van der Waals surface area contributed by atoms with Gasteiger partial charge in [-0.3, -0.25) is 4.79 Å². The molecule has 0 unspecified atom stereocenters. The van der Waals surface area contributed by atoms with Gasteiger partial charge in [-0.15, -0.1) is 0 Å². The highest BCUT2D eigenvalue weighted by molar-refractivity contribution is 5.85. The number of likely N-dealkylation sites (N-methyl/N-ethyl adjacent to an activating group) is 1. The summed E-state index contributed by atoms with van der Waals surface area (Å²) >= 11 is 0. The van der Waals surface area contributed by atoms with Crippen LogP contribution < -0.4 is 5.32 Å². The van der Waals surface area contributed by atoms with Gasteiger partial charge in [0, 0.05) is 26.0 Å². The summed E-state index contributed by atoms with van der Waals surface area (Å²) in [7, 11) is 0. The molecule has 144 valence electrons. The van der Waals surface area contributed by atoms with Crippen molar-refractivity contribution in [3.05, 3.63) is 35.9 Å². The summed E-state index contributed by atoms with van der Waals surface area (Å²) in [6.45, 7) is 3.13. The van der Waals surface area contributed by atoms with Gasteiger partial charge in [-0.1, -0.05) is 30.3 Å². The molecule has 3 rings (SSSR count). The van der Waals surface area contributed by atoms with Gasteiger partial charge in [0.05, 0.1) is 18.8 Å². The van der Waals surface area contributed by atoms with Gasteiger partial charge in [0.15, 0.2) is 5.60 Å². The van der Waals surface area contributed by atoms with Gasteiger partial charge in [0.1, 0.15) is 6.10 Å². The van der Waals surface area contributed by atoms with Crippen molar-refractivity contribution in [2.24, 2.45) is 5.92 Å². The number of amides is 1. The van der Waals surface area contributed by atoms with Crippen LogP contribution in [-0.4, -0.2) is 53.2 Å². The molecule has 6 nitrogen and oxygen atoms in total. The Morgan fingerprint density at radius 1 is 1.23 bits per heavy atom. The third kappa shape index (κ3) is 4.62. The average Bonchev–Trinajstić information content (AvgIpc) is 3.47. The molecule has 0 radical (unpaired) electrons. The van der Waals surface area contributed by atoms with E-state index in [0.717, 1.165) is 18.4 Å². The molecule has 6 heteroatoms. The fourth-order valence-electron chi connectivity index (χ4n) is 3.42. The highest BCUT2D eigenvalue weighted by Gasteiger charge is 2.51. The third-order valence-corrected chi connectivity index (χ3v) is 5.20. The zero-order chi connectivity index (χ0) is 18.6. The number of rotatable bonds is 8. The van der Waals surface area contributed by atoms with Crippen LogP contribution in [0.15, 0.2) is 30.3 Å². The Labute approximate surface area is 154 Å². The molecule has 1 aromatic carbocycles. The van der Waals surface area contributed by atoms with Gasteiger partial charge in [-0.05, 0) is 31.2 Å². The quantitative estimate of drug-likeness (QED) is 0.650. The predicted molar refractivity (Wildman–Crippen MR) is 96.4 cm³/mol. The Kier molecular flexibility index (Phi) is 6.29. The molecule has 4 atom stereocenters. The summed E-state index contributed by atoms with van der Waals surface area (Å²) in [5.41, 5.74) is -0.258. The number of hydrogen-bond acceptors (Lipinski definition) is 5. The molecule has 2 aliphatic rings. The van der Waals surface area contributed by atoms with Crippen LogP contribution in [0.25, 0.3) is 0 Å². The van der Waals surface area contributed by atoms with Crippen LogP contribution in [-0.2, 0) is 20.9 Å². The van der Waals surface area contributed by atoms with Crippen LogP contribution in [0.1, 0.15) is 38.2 Å². The zero-order valence-corrected chi connectivity index (χ0v) is 15.3. The Hall–Kier alpha value is -1.47. The van der Waals surface area contributed by atoms with E-state index in [9.17, 15) is 15.0 Å². The van der Waals surface area contributed by atoms with Gasteiger partial charge in [-0.25, -0.2) is 0 Å². The Bertz CT molecular complexity index is 591. The monoisotopic (exact) mass is 363 g/mol. The molecule has 3 N–H and O–H groups in total. The number of benzene rings is 1. The number of hydrogen-bond donors (Lipinski definition) is 3. The molecule has 0 heterocycles. The van der Waals surface area contributed by atoms with Crippen molar-refractivity contribution in [1.82, 2.24) is 5.32 Å². The van der Waals surface area contributed by atoms with E-state index in [2.05, 4.69) is 5.32 Å². The molecule has 0 bridgehead atoms. The number of ether oxygens (including phenoxy) is 2. The van der Waals surface area contributed by atoms with Crippen molar-refractivity contribution in [2.75, 3.05) is 13.2 Å². The van der Waals surface area contributed by atoms with E-state index < -0.39 is 23.9 Å². The van der Waals surface area contributed by atoms with E-state index in [0.29, 0.717) is 19.1 Å². The lowest BCUT2D eigenvalue weighted by Gasteiger charge is -2.43. The minimum atomic E-state index is -1.21. The Morgan fingerprint density at radius 3 is 2.62 bits per heavy atom. The zero-order valence-electron chi connectivity index (χ0n) is 15.3. The lowest BCUT2D eigenvalue weighted by atomic mass is 9.78. The van der Waals surface area contributed by atoms with E-state index >= 15 is 0 Å². The molecular formula is C20H29NO5. The van der Waals surface area contributed by atoms with Crippen LogP contribution in [0, 0.1) is 5.92 Å². The summed E-state index contributed by atoms with van der Waals surface area (Å²) in [6, 6.07) is 9.61. The molecule has 2 saturated carbocycles. The van der Waals surface area contributed by atoms with Crippen LogP contribution in [0.4, 0.5) is 0 Å². The number of carbonyl (C=O) groups excluding carboxylic acids is 1. The molecular weight excluding hydrogens is 334 g/mol. The van der Waals surface area contributed by atoms with Gasteiger partial charge < -0.3 is 25.0 Å². The maximum absolute atomic E-state index is 12.8. The lowest BCUT2D eigenvalue weighted by Crippen LogP contribution is -2.60. The van der Waals surface area contributed by atoms with Crippen molar-refractivity contribution in [3.63, 3.8) is 0 Å². The first kappa shape index (κ1) is 19.3. The second kappa shape index (κ2) is 8.48. The lowest BCUT2D eigenvalue weighted by molar-refractivity contribution is -0.198. The molecule has 0 aromatic heterocycles. The maximum Gasteiger partial charge on any atom is 0.252 e. The van der Waals surface area contributed by atoms with E-state index in [1.54, 1.807) is 0 Å². The molecule has 0 spiro atoms. The first-order valence-corrected chi connectivity index (χ1v) is 9.48. The first-order valence-electron chi connectivity index (χ1n) is 9.48. The molecule has 26 heavy (non-hydrogen) atoms. The summed E-state index contributed by atoms with van der Waals surface area (Å²) in [5.74, 6) is 0.271. The molecule has 1 amide bonds. The molecule has 2 fully saturated rings. The minimum absolute atomic E-state index is 0.0517. The van der Waals surface area contributed by atoms with E-state index in [1.165, 1.54) is 0 Å². The van der Waals surface area contributed by atoms with Crippen molar-refractivity contribution >= 4 is 5.91 Å². The van der Waals surface area contributed by atoms with Crippen molar-refractivity contribution in [1.29, 1.82) is 0 Å². The largest absolute Gasteiger partial charge is 0.390 e. The standard InChI is InChI=1S/C20H29NO5/c1-2-21-19(24)20(26-13-14-6-4-3-5-7-14)10-16(22)18(23)17(11-20)25-12-15-8-9-15/h3-7,15-18,22-23H,2,8-13H2,1H3,(H,21,24)/t16-,17+,18-,20+/m1/s1. The summed E-state index contributed by atoms with van der Waals surface area (Å²) in [4.78, 5) is 12.8. The topological polar surface area (TPSA) is 88.0 Å². The van der Waals surface area contributed by atoms with Crippen molar-refractivity contribution in [2.45, 2.75) is 63.1 Å². The highest BCUT2D eigenvalue weighted by Crippen LogP contribution is 2.37. The fraction of sp³-hybridized carbons (Fsp3) is 0.650. The molecule has 0 aliphatic heterocycles. The van der Waals surface area contributed by atoms with Crippen LogP contribution in [0.3, 0.4) is 0 Å². The van der Waals surface area contributed by atoms with Gasteiger partial charge in [0.25, 0.3) is 5.91 Å². The van der Waals surface area contributed by atoms with Gasteiger partial charge in [-0.2, -0.15) is 0 Å². The Morgan fingerprint density at radius 2 is 1.96 bits per heavy atom. The van der Waals surface area contributed by atoms with E-state index in [1.807, 2.05) is 37.3 Å². The highest BCUT2D eigenvalue weighted by atomic mass is 16.5. The number of carbonyl (C=O) groups is 1. The van der Waals surface area contributed by atoms with Crippen LogP contribution in [0.2, 0.25) is 0 Å². The van der Waals surface area contributed by atoms with Gasteiger partial charge >= 0.3 is 0 Å². The predicted octanol–water partition coefficient (Wildman–Crippen LogP) is 1.39. The van der Waals surface area contributed by atoms with Crippen molar-refractivity contribution < 1.29 is 24.5 Å². The summed E-state index contributed by atoms with van der Waals surface area (Å²) in [6.07, 6.45) is -0.123. The van der Waals surface area contributed by atoms with Crippen LogP contribution >= 0.6 is 0 Å². The SMILES string of the molecule is CCNC(=O)[C@]1(OCc2ccccc2)C[C@@H](O)[C@@H](O)[C@@H](OCC2CC2)C1. The molecule has 0 saturated heterocycles. The number of nitrogens with one attached hydrogen (secondary N) is 1. The van der Waals surface area contributed by atoms with Crippen molar-refractivity contribution in [3.8, 4) is 0 Å². The smallest absolute Gasteiger partial charge is 0.252 e. The Balaban J connectivity index is 1.75. The van der Waals surface area contributed by atoms with E-state index in [-0.39, 0.29) is 25.4 Å². The minimum Gasteiger partial charge on any atom is -0.390 e. The average molecular weight is 363 g/mol.